The quantitative estimate of drug-likeness (QED) is 0.655. The predicted molar refractivity (Wildman–Crippen MR) is 124 cm³/mol. The van der Waals surface area contributed by atoms with Crippen LogP contribution in [0.2, 0.25) is 0 Å². The summed E-state index contributed by atoms with van der Waals surface area (Å²) in [6.45, 7) is 4.89. The molecule has 4 heterocycles. The summed E-state index contributed by atoms with van der Waals surface area (Å²) in [5, 5.41) is 4.84. The van der Waals surface area contributed by atoms with Gasteiger partial charge >= 0.3 is 0 Å². The largest absolute Gasteiger partial charge is 0.355 e. The molecule has 2 atom stereocenters. The lowest BCUT2D eigenvalue weighted by molar-refractivity contribution is 0.0604. The van der Waals surface area contributed by atoms with Gasteiger partial charge < -0.3 is 21.3 Å². The molecular weight excluding hydrogens is 402 g/mol. The Morgan fingerprint density at radius 1 is 1.19 bits per heavy atom. The number of nitrogens with zero attached hydrogens (tertiary/aromatic N) is 5. The Balaban J connectivity index is 1.48. The molecule has 0 spiro atoms. The highest BCUT2D eigenvalue weighted by Gasteiger charge is 2.32. The van der Waals surface area contributed by atoms with Crippen LogP contribution in [0.5, 0.6) is 0 Å². The summed E-state index contributed by atoms with van der Waals surface area (Å²) in [5.74, 6) is 1.01. The highest BCUT2D eigenvalue weighted by Crippen LogP contribution is 2.33. The van der Waals surface area contributed by atoms with E-state index in [1.54, 1.807) is 0 Å². The van der Waals surface area contributed by atoms with Gasteiger partial charge in [0.15, 0.2) is 5.65 Å². The molecule has 0 saturated carbocycles. The number of hydrogen-bond donors (Lipinski definition) is 2. The van der Waals surface area contributed by atoms with Crippen molar-refractivity contribution >= 4 is 17.4 Å². The summed E-state index contributed by atoms with van der Waals surface area (Å²) in [6.07, 6.45) is 5.98. The first-order chi connectivity index (χ1) is 15.5. The van der Waals surface area contributed by atoms with Crippen LogP contribution >= 0.6 is 0 Å². The van der Waals surface area contributed by atoms with E-state index in [0.29, 0.717) is 12.1 Å². The van der Waals surface area contributed by atoms with Crippen molar-refractivity contribution in [2.24, 2.45) is 11.5 Å². The summed E-state index contributed by atoms with van der Waals surface area (Å²) in [6, 6.07) is 9.79. The Morgan fingerprint density at radius 3 is 2.81 bits per heavy atom. The zero-order chi connectivity index (χ0) is 22.2. The summed E-state index contributed by atoms with van der Waals surface area (Å²) < 4.78 is 1.84. The van der Waals surface area contributed by atoms with Gasteiger partial charge in [0.05, 0.1) is 11.7 Å². The molecular formula is C24H31N7O. The molecule has 1 amide bonds. The number of fused-ring (bicyclic) bond motifs is 1. The maximum atomic E-state index is 13.5. The van der Waals surface area contributed by atoms with Gasteiger partial charge in [0.2, 0.25) is 0 Å². The lowest BCUT2D eigenvalue weighted by Gasteiger charge is -2.35. The Hall–Kier alpha value is -2.97. The number of nitrogens with two attached hydrogens (primary N) is 2. The smallest absolute Gasteiger partial charge is 0.254 e. The molecule has 8 heteroatoms. The van der Waals surface area contributed by atoms with Crippen molar-refractivity contribution in [1.29, 1.82) is 0 Å². The van der Waals surface area contributed by atoms with Gasteiger partial charge in [-0.05, 0) is 44.2 Å². The highest BCUT2D eigenvalue weighted by atomic mass is 16.2. The SMILES string of the molecule is Cc1cn2nc([C@@H]3CCCCN3C(=O)c3ccccc3CN)cc2nc1N1CC[C@H](N)C1. The number of anilines is 1. The normalized spacial score (nSPS) is 21.5. The Morgan fingerprint density at radius 2 is 2.03 bits per heavy atom. The second-order valence-electron chi connectivity index (χ2n) is 8.99. The molecule has 0 bridgehead atoms. The first-order valence-corrected chi connectivity index (χ1v) is 11.5. The molecule has 1 aromatic carbocycles. The number of piperidine rings is 1. The maximum absolute atomic E-state index is 13.5. The molecule has 2 aliphatic heterocycles. The lowest BCUT2D eigenvalue weighted by atomic mass is 9.97. The zero-order valence-electron chi connectivity index (χ0n) is 18.6. The van der Waals surface area contributed by atoms with Crippen LogP contribution in [0.15, 0.2) is 36.5 Å². The monoisotopic (exact) mass is 433 g/mol. The van der Waals surface area contributed by atoms with Crippen molar-refractivity contribution in [3.63, 3.8) is 0 Å². The van der Waals surface area contributed by atoms with Crippen LogP contribution in [-0.2, 0) is 6.54 Å². The first-order valence-electron chi connectivity index (χ1n) is 11.5. The Labute approximate surface area is 188 Å². The fourth-order valence-electron chi connectivity index (χ4n) is 5.03. The summed E-state index contributed by atoms with van der Waals surface area (Å²) >= 11 is 0. The van der Waals surface area contributed by atoms with Crippen LogP contribution in [0.1, 0.15) is 58.9 Å². The number of hydrogen-bond acceptors (Lipinski definition) is 6. The van der Waals surface area contributed by atoms with Crippen molar-refractivity contribution in [2.45, 2.75) is 51.2 Å². The molecule has 2 saturated heterocycles. The van der Waals surface area contributed by atoms with E-state index in [-0.39, 0.29) is 18.0 Å². The van der Waals surface area contributed by atoms with Gasteiger partial charge in [-0.1, -0.05) is 18.2 Å². The average molecular weight is 434 g/mol. The number of rotatable bonds is 4. The van der Waals surface area contributed by atoms with Crippen LogP contribution in [0.4, 0.5) is 5.82 Å². The topological polar surface area (TPSA) is 106 Å². The van der Waals surface area contributed by atoms with E-state index in [1.165, 1.54) is 0 Å². The summed E-state index contributed by atoms with van der Waals surface area (Å²) in [5.41, 5.74) is 16.3. The number of likely N-dealkylation sites (tertiary alicyclic amines) is 1. The standard InChI is InChI=1S/C24H31N7O/c1-16-14-31-22(27-23(16)29-11-9-18(26)15-29)12-20(28-31)21-8-4-5-10-30(21)24(32)19-7-3-2-6-17(19)13-25/h2-3,6-7,12,14,18,21H,4-5,8-11,13,15,25-26H2,1H3/t18-,21-/m0/s1. The van der Waals surface area contributed by atoms with Gasteiger partial charge in [-0.25, -0.2) is 9.50 Å². The van der Waals surface area contributed by atoms with Gasteiger partial charge in [-0.2, -0.15) is 5.10 Å². The van der Waals surface area contributed by atoms with Crippen molar-refractivity contribution in [2.75, 3.05) is 24.5 Å². The predicted octanol–water partition coefficient (Wildman–Crippen LogP) is 2.40. The molecule has 2 aliphatic rings. The average Bonchev–Trinajstić information content (AvgIpc) is 3.43. The van der Waals surface area contributed by atoms with Gasteiger partial charge in [0, 0.05) is 55.6 Å². The maximum Gasteiger partial charge on any atom is 0.254 e. The number of carbonyl (C=O) groups excluding carboxylic acids is 1. The van der Waals surface area contributed by atoms with Crippen molar-refractivity contribution in [3.05, 3.63) is 58.9 Å². The Kier molecular flexibility index (Phi) is 5.57. The Bertz CT molecular complexity index is 1140. The molecule has 5 rings (SSSR count). The van der Waals surface area contributed by atoms with E-state index in [0.717, 1.165) is 73.6 Å². The van der Waals surface area contributed by atoms with Gasteiger partial charge in [-0.3, -0.25) is 4.79 Å². The minimum Gasteiger partial charge on any atom is -0.355 e. The zero-order valence-corrected chi connectivity index (χ0v) is 18.6. The third-order valence-electron chi connectivity index (χ3n) is 6.72. The van der Waals surface area contributed by atoms with Crippen molar-refractivity contribution < 1.29 is 4.79 Å². The fraction of sp³-hybridized carbons (Fsp3) is 0.458. The molecule has 2 fully saturated rings. The summed E-state index contributed by atoms with van der Waals surface area (Å²) in [7, 11) is 0. The molecule has 8 nitrogen and oxygen atoms in total. The second-order valence-corrected chi connectivity index (χ2v) is 8.99. The van der Waals surface area contributed by atoms with Crippen LogP contribution in [0.25, 0.3) is 5.65 Å². The van der Waals surface area contributed by atoms with Gasteiger partial charge in [0.1, 0.15) is 5.82 Å². The minimum absolute atomic E-state index is 0.0312. The van der Waals surface area contributed by atoms with E-state index in [4.69, 9.17) is 21.5 Å². The molecule has 168 valence electrons. The van der Waals surface area contributed by atoms with E-state index >= 15 is 0 Å². The van der Waals surface area contributed by atoms with Crippen LogP contribution in [0.3, 0.4) is 0 Å². The molecule has 32 heavy (non-hydrogen) atoms. The molecule has 0 unspecified atom stereocenters. The number of benzene rings is 1. The minimum atomic E-state index is -0.0623. The van der Waals surface area contributed by atoms with Gasteiger partial charge in [-0.15, -0.1) is 0 Å². The van der Waals surface area contributed by atoms with E-state index in [2.05, 4.69) is 11.8 Å². The fourth-order valence-corrected chi connectivity index (χ4v) is 5.03. The third kappa shape index (κ3) is 3.73. The summed E-state index contributed by atoms with van der Waals surface area (Å²) in [4.78, 5) is 22.6. The number of aryl methyl sites for hydroxylation is 1. The number of amides is 1. The van der Waals surface area contributed by atoms with Crippen LogP contribution in [0, 0.1) is 6.92 Å². The van der Waals surface area contributed by atoms with Crippen LogP contribution < -0.4 is 16.4 Å². The molecule has 0 radical (unpaired) electrons. The number of aromatic nitrogens is 3. The first kappa shape index (κ1) is 20.9. The van der Waals surface area contributed by atoms with Gasteiger partial charge in [0.25, 0.3) is 5.91 Å². The van der Waals surface area contributed by atoms with Crippen molar-refractivity contribution in [3.8, 4) is 0 Å². The molecule has 4 N–H and O–H groups in total. The van der Waals surface area contributed by atoms with Crippen LogP contribution in [-0.4, -0.2) is 51.1 Å². The van der Waals surface area contributed by atoms with E-state index in [9.17, 15) is 4.79 Å². The third-order valence-corrected chi connectivity index (χ3v) is 6.72. The molecule has 3 aromatic rings. The van der Waals surface area contributed by atoms with E-state index < -0.39 is 0 Å². The molecule has 0 aliphatic carbocycles. The van der Waals surface area contributed by atoms with Crippen molar-refractivity contribution in [1.82, 2.24) is 19.5 Å². The van der Waals surface area contributed by atoms with E-state index in [1.807, 2.05) is 45.9 Å². The second kappa shape index (κ2) is 8.52. The highest BCUT2D eigenvalue weighted by molar-refractivity contribution is 5.96. The lowest BCUT2D eigenvalue weighted by Crippen LogP contribution is -2.39. The number of carbonyl (C=O) groups is 1. The molecule has 2 aromatic heterocycles.